The van der Waals surface area contributed by atoms with Crippen molar-refractivity contribution in [1.82, 2.24) is 0 Å². The van der Waals surface area contributed by atoms with Crippen LogP contribution in [0.15, 0.2) is 6.07 Å². The summed E-state index contributed by atoms with van der Waals surface area (Å²) >= 11 is 0. The number of rotatable bonds is 2. The molecule has 0 amide bonds. The Kier molecular flexibility index (Phi) is 3.69. The normalized spacial score (nSPS) is 9.18. The highest BCUT2D eigenvalue weighted by Gasteiger charge is 2.16. The Morgan fingerprint density at radius 1 is 1.41 bits per heavy atom. The number of hydrogen-bond donors (Lipinski definition) is 1. The maximum absolute atomic E-state index is 11.2. The summed E-state index contributed by atoms with van der Waals surface area (Å²) in [6, 6.07) is 5.47. The first-order valence-electron chi connectivity index (χ1n) is 4.84. The van der Waals surface area contributed by atoms with Crippen molar-refractivity contribution in [3.8, 4) is 12.1 Å². The first-order chi connectivity index (χ1) is 8.04. The van der Waals surface area contributed by atoms with Crippen molar-refractivity contribution in [2.75, 3.05) is 12.8 Å². The Balaban J connectivity index is 3.39. The lowest BCUT2D eigenvalue weighted by Gasteiger charge is -2.09. The Labute approximate surface area is 99.0 Å². The smallest absolute Gasteiger partial charge is 0.310 e. The molecule has 17 heavy (non-hydrogen) atoms. The van der Waals surface area contributed by atoms with Crippen LogP contribution in [0.2, 0.25) is 0 Å². The van der Waals surface area contributed by atoms with Crippen molar-refractivity contribution in [3.05, 3.63) is 28.3 Å². The summed E-state index contributed by atoms with van der Waals surface area (Å²) in [4.78, 5) is 11.2. The molecule has 0 atom stereocenters. The number of hydrogen-bond acceptors (Lipinski definition) is 5. The summed E-state index contributed by atoms with van der Waals surface area (Å²) in [7, 11) is 1.27. The first kappa shape index (κ1) is 12.5. The minimum absolute atomic E-state index is 0.0316. The van der Waals surface area contributed by atoms with Crippen molar-refractivity contribution in [3.63, 3.8) is 0 Å². The number of anilines is 1. The second-order valence-electron chi connectivity index (χ2n) is 3.49. The molecule has 0 fully saturated rings. The molecule has 0 radical (unpaired) electrons. The maximum atomic E-state index is 11.2. The van der Waals surface area contributed by atoms with E-state index in [1.807, 2.05) is 12.1 Å². The van der Waals surface area contributed by atoms with E-state index in [0.29, 0.717) is 11.1 Å². The van der Waals surface area contributed by atoms with Gasteiger partial charge in [-0.2, -0.15) is 10.5 Å². The van der Waals surface area contributed by atoms with Crippen LogP contribution in [0.4, 0.5) is 5.69 Å². The zero-order chi connectivity index (χ0) is 13.0. The molecule has 0 aliphatic carbocycles. The Morgan fingerprint density at radius 3 is 2.47 bits per heavy atom. The molecule has 5 heteroatoms. The molecule has 0 heterocycles. The third-order valence-electron chi connectivity index (χ3n) is 2.43. The number of ether oxygens (including phenoxy) is 1. The first-order valence-corrected chi connectivity index (χ1v) is 4.84. The van der Waals surface area contributed by atoms with Crippen LogP contribution < -0.4 is 5.73 Å². The minimum Gasteiger partial charge on any atom is -0.469 e. The fraction of sp³-hybridized carbons (Fsp3) is 0.250. The highest BCUT2D eigenvalue weighted by Crippen LogP contribution is 2.25. The summed E-state index contributed by atoms with van der Waals surface area (Å²) < 4.78 is 4.54. The van der Waals surface area contributed by atoms with E-state index in [-0.39, 0.29) is 23.2 Å². The molecule has 0 aromatic heterocycles. The molecule has 1 aromatic rings. The van der Waals surface area contributed by atoms with Gasteiger partial charge in [-0.1, -0.05) is 6.07 Å². The molecule has 0 unspecified atom stereocenters. The number of methoxy groups -OCH3 is 1. The molecular weight excluding hydrogens is 218 g/mol. The Hall–Kier alpha value is -2.53. The second-order valence-corrected chi connectivity index (χ2v) is 3.49. The molecule has 5 nitrogen and oxygen atoms in total. The van der Waals surface area contributed by atoms with Gasteiger partial charge < -0.3 is 10.5 Å². The van der Waals surface area contributed by atoms with Crippen LogP contribution in [0.3, 0.4) is 0 Å². The quantitative estimate of drug-likeness (QED) is 0.603. The Bertz CT molecular complexity index is 550. The molecule has 1 rings (SSSR count). The minimum atomic E-state index is -0.454. The van der Waals surface area contributed by atoms with E-state index < -0.39 is 5.97 Å². The van der Waals surface area contributed by atoms with Gasteiger partial charge in [-0.3, -0.25) is 4.79 Å². The molecule has 0 saturated heterocycles. The monoisotopic (exact) mass is 229 g/mol. The van der Waals surface area contributed by atoms with E-state index >= 15 is 0 Å². The number of nitrogens with zero attached hydrogens (tertiary/aromatic N) is 2. The molecule has 86 valence electrons. The van der Waals surface area contributed by atoms with Crippen molar-refractivity contribution in [2.45, 2.75) is 13.3 Å². The molecule has 0 aliphatic rings. The van der Waals surface area contributed by atoms with Gasteiger partial charge >= 0.3 is 5.97 Å². The van der Waals surface area contributed by atoms with Crippen LogP contribution in [0.5, 0.6) is 0 Å². The van der Waals surface area contributed by atoms with Crippen LogP contribution in [0.25, 0.3) is 0 Å². The van der Waals surface area contributed by atoms with Crippen molar-refractivity contribution in [1.29, 1.82) is 10.5 Å². The maximum Gasteiger partial charge on any atom is 0.310 e. The largest absolute Gasteiger partial charge is 0.469 e. The van der Waals surface area contributed by atoms with Gasteiger partial charge in [0.2, 0.25) is 0 Å². The molecule has 1 aromatic carbocycles. The average Bonchev–Trinajstić information content (AvgIpc) is 2.29. The summed E-state index contributed by atoms with van der Waals surface area (Å²) in [5.74, 6) is -0.454. The molecular formula is C12H11N3O2. The third kappa shape index (κ3) is 2.35. The number of carbonyl (C=O) groups excluding carboxylic acids is 1. The van der Waals surface area contributed by atoms with Gasteiger partial charge in [-0.15, -0.1) is 0 Å². The van der Waals surface area contributed by atoms with E-state index in [1.165, 1.54) is 7.11 Å². The zero-order valence-corrected chi connectivity index (χ0v) is 9.57. The number of aryl methyl sites for hydroxylation is 1. The van der Waals surface area contributed by atoms with Gasteiger partial charge in [-0.05, 0) is 18.1 Å². The summed E-state index contributed by atoms with van der Waals surface area (Å²) in [5.41, 5.74) is 7.40. The highest BCUT2D eigenvalue weighted by molar-refractivity contribution is 5.77. The van der Waals surface area contributed by atoms with Crippen LogP contribution in [-0.2, 0) is 16.0 Å². The van der Waals surface area contributed by atoms with Crippen LogP contribution >= 0.6 is 0 Å². The fourth-order valence-corrected chi connectivity index (χ4v) is 1.56. The lowest BCUT2D eigenvalue weighted by molar-refractivity contribution is -0.139. The van der Waals surface area contributed by atoms with Crippen molar-refractivity contribution >= 4 is 11.7 Å². The number of nitrogens with two attached hydrogens (primary N) is 1. The van der Waals surface area contributed by atoms with Crippen LogP contribution in [0.1, 0.15) is 22.3 Å². The van der Waals surface area contributed by atoms with Gasteiger partial charge in [0, 0.05) is 0 Å². The molecule has 0 aliphatic heterocycles. The standard InChI is InChI=1S/C12H11N3O2/c1-7-3-8(4-11(16)17-2)10(6-14)12(15)9(7)5-13/h3H,4,15H2,1-2H3. The molecule has 2 N–H and O–H groups in total. The Morgan fingerprint density at radius 2 is 2.00 bits per heavy atom. The highest BCUT2D eigenvalue weighted by atomic mass is 16.5. The number of nitriles is 2. The zero-order valence-electron chi connectivity index (χ0n) is 9.57. The number of carbonyl (C=O) groups is 1. The average molecular weight is 229 g/mol. The molecule has 0 spiro atoms. The predicted molar refractivity (Wildman–Crippen MR) is 60.7 cm³/mol. The van der Waals surface area contributed by atoms with Crippen LogP contribution in [-0.4, -0.2) is 13.1 Å². The number of benzene rings is 1. The predicted octanol–water partition coefficient (Wildman–Crippen LogP) is 1.04. The van der Waals surface area contributed by atoms with Gasteiger partial charge in [-0.25, -0.2) is 0 Å². The summed E-state index contributed by atoms with van der Waals surface area (Å²) in [6.07, 6.45) is -0.0316. The number of esters is 1. The van der Waals surface area contributed by atoms with Gasteiger partial charge in [0.15, 0.2) is 0 Å². The van der Waals surface area contributed by atoms with Gasteiger partial charge in [0.25, 0.3) is 0 Å². The van der Waals surface area contributed by atoms with E-state index in [9.17, 15) is 4.79 Å². The van der Waals surface area contributed by atoms with Crippen LogP contribution in [0, 0.1) is 29.6 Å². The lowest BCUT2D eigenvalue weighted by Crippen LogP contribution is -2.09. The lowest BCUT2D eigenvalue weighted by atomic mass is 9.96. The van der Waals surface area contributed by atoms with E-state index in [0.717, 1.165) is 0 Å². The second kappa shape index (κ2) is 5.00. The van der Waals surface area contributed by atoms with Crippen molar-refractivity contribution in [2.24, 2.45) is 0 Å². The summed E-state index contributed by atoms with van der Waals surface area (Å²) in [5, 5.41) is 17.9. The molecule has 0 saturated carbocycles. The van der Waals surface area contributed by atoms with E-state index in [2.05, 4.69) is 4.74 Å². The van der Waals surface area contributed by atoms with E-state index in [4.69, 9.17) is 16.3 Å². The van der Waals surface area contributed by atoms with Gasteiger partial charge in [0.05, 0.1) is 30.3 Å². The fourth-order valence-electron chi connectivity index (χ4n) is 1.56. The van der Waals surface area contributed by atoms with Crippen molar-refractivity contribution < 1.29 is 9.53 Å². The summed E-state index contributed by atoms with van der Waals surface area (Å²) in [6.45, 7) is 1.71. The number of nitrogen functional groups attached to an aromatic ring is 1. The third-order valence-corrected chi connectivity index (χ3v) is 2.43. The van der Waals surface area contributed by atoms with Gasteiger partial charge in [0.1, 0.15) is 12.1 Å². The SMILES string of the molecule is COC(=O)Cc1cc(C)c(C#N)c(N)c1C#N. The van der Waals surface area contributed by atoms with E-state index in [1.54, 1.807) is 13.0 Å². The topological polar surface area (TPSA) is 99.9 Å². The molecule has 0 bridgehead atoms.